The van der Waals surface area contributed by atoms with Crippen molar-refractivity contribution in [3.8, 4) is 5.88 Å². The highest BCUT2D eigenvalue weighted by Crippen LogP contribution is 2.26. The van der Waals surface area contributed by atoms with Crippen LogP contribution < -0.4 is 9.46 Å². The first kappa shape index (κ1) is 28.8. The second-order valence-corrected chi connectivity index (χ2v) is 11.0. The topological polar surface area (TPSA) is 85.4 Å². The Hall–Kier alpha value is -2.48. The van der Waals surface area contributed by atoms with Crippen LogP contribution in [0.4, 0.5) is 10.1 Å². The summed E-state index contributed by atoms with van der Waals surface area (Å²) in [5.41, 5.74) is 2.13. The Bertz CT molecular complexity index is 1080. The summed E-state index contributed by atoms with van der Waals surface area (Å²) in [5.74, 6) is -0.671. The third-order valence-electron chi connectivity index (χ3n) is 6.03. The van der Waals surface area contributed by atoms with Gasteiger partial charge in [0, 0.05) is 23.6 Å². The summed E-state index contributed by atoms with van der Waals surface area (Å²) in [7, 11) is -3.59. The van der Waals surface area contributed by atoms with E-state index < -0.39 is 21.8 Å². The number of pyridine rings is 1. The van der Waals surface area contributed by atoms with Crippen LogP contribution in [0.3, 0.4) is 0 Å². The molecule has 8 heteroatoms. The molecular weight excluding hydrogens is 467 g/mol. The number of anilines is 1. The van der Waals surface area contributed by atoms with E-state index in [4.69, 9.17) is 4.74 Å². The highest BCUT2D eigenvalue weighted by molar-refractivity contribution is 7.92. The summed E-state index contributed by atoms with van der Waals surface area (Å²) in [4.78, 5) is 17.6. The molecule has 2 rings (SSSR count). The van der Waals surface area contributed by atoms with Crippen molar-refractivity contribution in [1.29, 1.82) is 0 Å². The van der Waals surface area contributed by atoms with Gasteiger partial charge in [-0.15, -0.1) is 0 Å². The van der Waals surface area contributed by atoms with Crippen LogP contribution in [0.2, 0.25) is 0 Å². The molecule has 6 nitrogen and oxygen atoms in total. The van der Waals surface area contributed by atoms with E-state index in [2.05, 4.69) is 23.6 Å². The number of rotatable bonds is 15. The number of nitrogens with one attached hydrogen (secondary N) is 1. The summed E-state index contributed by atoms with van der Waals surface area (Å²) < 4.78 is 45.6. The van der Waals surface area contributed by atoms with Crippen LogP contribution in [0, 0.1) is 12.7 Å². The standard InChI is InChI=1S/C27H39FN2O4S/c1-6-8-10-23(11-9-7-2)34-27-21(13-12-19(3)29-27)15-17-26(31)20(4)22-14-16-25(24(28)18-22)30-35(5,32)33/h12-14,16,18,20,23,30H,6-11,15,17H2,1-5H3. The Morgan fingerprint density at radius 3 is 2.34 bits per heavy atom. The van der Waals surface area contributed by atoms with E-state index in [0.717, 1.165) is 56.0 Å². The quantitative estimate of drug-likeness (QED) is 0.305. The summed E-state index contributed by atoms with van der Waals surface area (Å²) in [6, 6.07) is 8.03. The number of ether oxygens (including phenoxy) is 1. The largest absolute Gasteiger partial charge is 0.474 e. The molecule has 0 saturated carbocycles. The molecule has 2 aromatic rings. The molecular formula is C27H39FN2O4S. The number of carbonyl (C=O) groups is 1. The Labute approximate surface area is 209 Å². The third-order valence-corrected chi connectivity index (χ3v) is 6.62. The van der Waals surface area contributed by atoms with Crippen molar-refractivity contribution < 1.29 is 22.3 Å². The van der Waals surface area contributed by atoms with Gasteiger partial charge in [0.25, 0.3) is 0 Å². The van der Waals surface area contributed by atoms with Gasteiger partial charge in [0.1, 0.15) is 17.7 Å². The lowest BCUT2D eigenvalue weighted by Gasteiger charge is -2.20. The fourth-order valence-electron chi connectivity index (χ4n) is 3.88. The first-order chi connectivity index (χ1) is 16.5. The number of ketones is 1. The second-order valence-electron chi connectivity index (χ2n) is 9.24. The second kappa shape index (κ2) is 13.6. The Kier molecular flexibility index (Phi) is 11.1. The number of sulfonamides is 1. The number of halogens is 1. The number of Topliss-reactive ketones (excluding diaryl/α,β-unsaturated/α-hetero) is 1. The molecule has 1 atom stereocenters. The normalized spacial score (nSPS) is 12.5. The molecule has 0 radical (unpaired) electrons. The van der Waals surface area contributed by atoms with E-state index in [-0.39, 0.29) is 24.0 Å². The minimum Gasteiger partial charge on any atom is -0.474 e. The summed E-state index contributed by atoms with van der Waals surface area (Å²) in [5, 5.41) is 0. The number of nitrogens with zero attached hydrogens (tertiary/aromatic N) is 1. The van der Waals surface area contributed by atoms with Gasteiger partial charge in [-0.25, -0.2) is 17.8 Å². The summed E-state index contributed by atoms with van der Waals surface area (Å²) in [6.45, 7) is 7.99. The molecule has 1 heterocycles. The van der Waals surface area contributed by atoms with Gasteiger partial charge in [0.2, 0.25) is 15.9 Å². The van der Waals surface area contributed by atoms with Crippen LogP contribution in [0.15, 0.2) is 30.3 Å². The van der Waals surface area contributed by atoms with Gasteiger partial charge in [-0.05, 0) is 49.9 Å². The highest BCUT2D eigenvalue weighted by atomic mass is 32.2. The zero-order chi connectivity index (χ0) is 26.0. The number of aryl methyl sites for hydroxylation is 2. The van der Waals surface area contributed by atoms with Crippen LogP contribution >= 0.6 is 0 Å². The van der Waals surface area contributed by atoms with Crippen LogP contribution in [0.25, 0.3) is 0 Å². The van der Waals surface area contributed by atoms with Crippen molar-refractivity contribution >= 4 is 21.5 Å². The molecule has 0 aliphatic rings. The van der Waals surface area contributed by atoms with E-state index in [1.165, 1.54) is 12.1 Å². The van der Waals surface area contributed by atoms with Crippen molar-refractivity contribution in [3.05, 3.63) is 53.0 Å². The molecule has 0 aliphatic heterocycles. The van der Waals surface area contributed by atoms with Crippen molar-refractivity contribution in [1.82, 2.24) is 4.98 Å². The van der Waals surface area contributed by atoms with Crippen molar-refractivity contribution in [2.24, 2.45) is 0 Å². The number of aromatic nitrogens is 1. The van der Waals surface area contributed by atoms with Gasteiger partial charge in [-0.2, -0.15) is 0 Å². The molecule has 0 spiro atoms. The van der Waals surface area contributed by atoms with Gasteiger partial charge in [0.15, 0.2) is 0 Å². The summed E-state index contributed by atoms with van der Waals surface area (Å²) in [6.07, 6.45) is 8.20. The fraction of sp³-hybridized carbons (Fsp3) is 0.556. The predicted octanol–water partition coefficient (Wildman–Crippen LogP) is 6.33. The lowest BCUT2D eigenvalue weighted by atomic mass is 9.93. The lowest BCUT2D eigenvalue weighted by Crippen LogP contribution is -2.19. The van der Waals surface area contributed by atoms with Gasteiger partial charge >= 0.3 is 0 Å². The number of unbranched alkanes of at least 4 members (excludes halogenated alkanes) is 2. The van der Waals surface area contributed by atoms with Crippen LogP contribution in [0.1, 0.15) is 88.5 Å². The zero-order valence-corrected chi connectivity index (χ0v) is 22.4. The minimum atomic E-state index is -3.59. The maximum Gasteiger partial charge on any atom is 0.229 e. The number of benzene rings is 1. The number of carbonyl (C=O) groups excluding carboxylic acids is 1. The van der Waals surface area contributed by atoms with Crippen LogP contribution in [0.5, 0.6) is 5.88 Å². The molecule has 0 bridgehead atoms. The molecule has 35 heavy (non-hydrogen) atoms. The van der Waals surface area contributed by atoms with Gasteiger partial charge in [0.05, 0.1) is 11.9 Å². The zero-order valence-electron chi connectivity index (χ0n) is 21.6. The molecule has 194 valence electrons. The first-order valence-corrected chi connectivity index (χ1v) is 14.4. The van der Waals surface area contributed by atoms with Crippen LogP contribution in [-0.4, -0.2) is 31.5 Å². The van der Waals surface area contributed by atoms with Crippen molar-refractivity contribution in [2.45, 2.75) is 91.1 Å². The maximum atomic E-state index is 14.4. The smallest absolute Gasteiger partial charge is 0.229 e. The minimum absolute atomic E-state index is 0.0340. The van der Waals surface area contributed by atoms with E-state index in [0.29, 0.717) is 17.9 Å². The number of hydrogen-bond donors (Lipinski definition) is 1. The molecule has 0 aliphatic carbocycles. The van der Waals surface area contributed by atoms with E-state index in [1.54, 1.807) is 13.0 Å². The van der Waals surface area contributed by atoms with Crippen LogP contribution in [-0.2, 0) is 21.2 Å². The first-order valence-electron chi connectivity index (χ1n) is 12.5. The van der Waals surface area contributed by atoms with E-state index in [9.17, 15) is 17.6 Å². The molecule has 0 saturated heterocycles. The average molecular weight is 507 g/mol. The molecule has 0 amide bonds. The van der Waals surface area contributed by atoms with E-state index in [1.807, 2.05) is 19.1 Å². The summed E-state index contributed by atoms with van der Waals surface area (Å²) >= 11 is 0. The molecule has 1 aromatic carbocycles. The monoisotopic (exact) mass is 506 g/mol. The molecule has 1 unspecified atom stereocenters. The van der Waals surface area contributed by atoms with Gasteiger partial charge in [-0.1, -0.05) is 58.6 Å². The highest BCUT2D eigenvalue weighted by Gasteiger charge is 2.20. The van der Waals surface area contributed by atoms with E-state index >= 15 is 0 Å². The maximum absolute atomic E-state index is 14.4. The Balaban J connectivity index is 2.10. The Morgan fingerprint density at radius 1 is 1.11 bits per heavy atom. The average Bonchev–Trinajstić information content (AvgIpc) is 2.80. The van der Waals surface area contributed by atoms with Crippen molar-refractivity contribution in [3.63, 3.8) is 0 Å². The van der Waals surface area contributed by atoms with Crippen molar-refractivity contribution in [2.75, 3.05) is 11.0 Å². The lowest BCUT2D eigenvalue weighted by molar-refractivity contribution is -0.120. The third kappa shape index (κ3) is 9.59. The molecule has 1 aromatic heterocycles. The number of hydrogen-bond acceptors (Lipinski definition) is 5. The Morgan fingerprint density at radius 2 is 1.77 bits per heavy atom. The SMILES string of the molecule is CCCCC(CCCC)Oc1nc(C)ccc1CCC(=O)C(C)c1ccc(NS(C)(=O)=O)c(F)c1. The van der Waals surface area contributed by atoms with Gasteiger partial charge < -0.3 is 4.74 Å². The predicted molar refractivity (Wildman–Crippen MR) is 139 cm³/mol. The molecule has 0 fully saturated rings. The van der Waals surface area contributed by atoms with Gasteiger partial charge in [-0.3, -0.25) is 9.52 Å². The molecule has 1 N–H and O–H groups in total. The fourth-order valence-corrected chi connectivity index (χ4v) is 4.45.